The van der Waals surface area contributed by atoms with Crippen LogP contribution in [0.1, 0.15) is 24.7 Å². The minimum Gasteiger partial charge on any atom is -0.483 e. The fourth-order valence-corrected chi connectivity index (χ4v) is 4.09. The van der Waals surface area contributed by atoms with Gasteiger partial charge < -0.3 is 9.64 Å². The number of aromatic nitrogens is 3. The summed E-state index contributed by atoms with van der Waals surface area (Å²) >= 11 is 0. The number of rotatable bonds is 5. The van der Waals surface area contributed by atoms with Crippen LogP contribution >= 0.6 is 0 Å². The summed E-state index contributed by atoms with van der Waals surface area (Å²) in [6.45, 7) is 0.700. The quantitative estimate of drug-likeness (QED) is 0.507. The van der Waals surface area contributed by atoms with Gasteiger partial charge in [0.25, 0.3) is 5.91 Å². The van der Waals surface area contributed by atoms with E-state index in [4.69, 9.17) is 4.74 Å². The van der Waals surface area contributed by atoms with E-state index in [9.17, 15) is 4.79 Å². The highest BCUT2D eigenvalue weighted by Gasteiger charge is 2.33. The molecule has 1 aliphatic heterocycles. The summed E-state index contributed by atoms with van der Waals surface area (Å²) in [4.78, 5) is 14.9. The van der Waals surface area contributed by atoms with Crippen molar-refractivity contribution in [3.05, 3.63) is 84.8 Å². The Kier molecular flexibility index (Phi) is 4.89. The Hall–Kier alpha value is -3.67. The summed E-state index contributed by atoms with van der Waals surface area (Å²) in [7, 11) is 0. The largest absolute Gasteiger partial charge is 0.483 e. The molecule has 0 radical (unpaired) electrons. The van der Waals surface area contributed by atoms with Crippen LogP contribution in [0.5, 0.6) is 5.75 Å². The Morgan fingerprint density at radius 2 is 1.77 bits per heavy atom. The predicted molar refractivity (Wildman–Crippen MR) is 114 cm³/mol. The van der Waals surface area contributed by atoms with Crippen molar-refractivity contribution in [2.45, 2.75) is 18.9 Å². The first kappa shape index (κ1) is 18.4. The van der Waals surface area contributed by atoms with E-state index in [2.05, 4.69) is 10.2 Å². The van der Waals surface area contributed by atoms with E-state index >= 15 is 0 Å². The lowest BCUT2D eigenvalue weighted by Crippen LogP contribution is -2.35. The molecule has 3 heterocycles. The molecule has 1 fully saturated rings. The molecule has 2 aromatic heterocycles. The molecule has 30 heavy (non-hydrogen) atoms. The molecular weight excluding hydrogens is 376 g/mol. The van der Waals surface area contributed by atoms with Crippen LogP contribution in [0, 0.1) is 0 Å². The fraction of sp³-hybridized carbons (Fsp3) is 0.208. The number of likely N-dealkylation sites (tertiary alicyclic amines) is 1. The van der Waals surface area contributed by atoms with E-state index in [0.717, 1.165) is 35.4 Å². The van der Waals surface area contributed by atoms with Crippen molar-refractivity contribution >= 4 is 11.6 Å². The smallest absolute Gasteiger partial charge is 0.261 e. The van der Waals surface area contributed by atoms with Crippen LogP contribution in [0.3, 0.4) is 0 Å². The predicted octanol–water partition coefficient (Wildman–Crippen LogP) is 4.14. The molecule has 1 saturated heterocycles. The molecule has 2 aromatic carbocycles. The number of nitrogens with zero attached hydrogens (tertiary/aromatic N) is 4. The van der Waals surface area contributed by atoms with E-state index in [-0.39, 0.29) is 18.6 Å². The monoisotopic (exact) mass is 398 g/mol. The molecule has 0 spiro atoms. The maximum atomic E-state index is 13.1. The van der Waals surface area contributed by atoms with Crippen molar-refractivity contribution in [3.8, 4) is 16.9 Å². The number of benzene rings is 2. The average molecular weight is 398 g/mol. The number of hydrogen-bond donors (Lipinski definition) is 0. The molecule has 1 atom stereocenters. The molecule has 6 heteroatoms. The normalized spacial score (nSPS) is 16.1. The minimum absolute atomic E-state index is 0.00289. The zero-order valence-electron chi connectivity index (χ0n) is 16.5. The first-order valence-corrected chi connectivity index (χ1v) is 10.2. The summed E-state index contributed by atoms with van der Waals surface area (Å²) in [6.07, 6.45) is 3.76. The molecule has 0 bridgehead atoms. The van der Waals surface area contributed by atoms with Gasteiger partial charge in [0.1, 0.15) is 5.75 Å². The van der Waals surface area contributed by atoms with Crippen LogP contribution in [0.4, 0.5) is 0 Å². The molecule has 0 N–H and O–H groups in total. The Morgan fingerprint density at radius 1 is 0.967 bits per heavy atom. The summed E-state index contributed by atoms with van der Waals surface area (Å²) in [5.74, 6) is 1.48. The Balaban J connectivity index is 1.34. The first-order valence-electron chi connectivity index (χ1n) is 10.2. The van der Waals surface area contributed by atoms with Crippen LogP contribution < -0.4 is 4.74 Å². The van der Waals surface area contributed by atoms with E-state index in [0.29, 0.717) is 12.3 Å². The molecule has 4 aromatic rings. The highest BCUT2D eigenvalue weighted by molar-refractivity contribution is 5.79. The highest BCUT2D eigenvalue weighted by Crippen LogP contribution is 2.32. The summed E-state index contributed by atoms with van der Waals surface area (Å²) in [6, 6.07) is 23.6. The number of ether oxygens (including phenoxy) is 1. The number of carbonyl (C=O) groups excluding carboxylic acids is 1. The van der Waals surface area contributed by atoms with Crippen molar-refractivity contribution in [1.82, 2.24) is 19.5 Å². The van der Waals surface area contributed by atoms with Gasteiger partial charge in [-0.1, -0.05) is 54.6 Å². The van der Waals surface area contributed by atoms with Crippen LogP contribution in [0.15, 0.2) is 79.0 Å². The third-order valence-corrected chi connectivity index (χ3v) is 5.53. The van der Waals surface area contributed by atoms with Gasteiger partial charge in [-0.05, 0) is 36.6 Å². The van der Waals surface area contributed by atoms with Crippen LogP contribution in [0.2, 0.25) is 0 Å². The maximum Gasteiger partial charge on any atom is 0.261 e. The standard InChI is InChI=1S/C24H22N4O2/c29-23(17-30-21-13-5-4-11-19(21)18-9-2-1-3-10-18)27-16-8-12-20(27)24-26-25-22-14-6-7-15-28(22)24/h1-7,9-11,13-15,20H,8,12,16-17H2/t20-/m1/s1. The van der Waals surface area contributed by atoms with Crippen molar-refractivity contribution < 1.29 is 9.53 Å². The van der Waals surface area contributed by atoms with E-state index < -0.39 is 0 Å². The third-order valence-electron chi connectivity index (χ3n) is 5.53. The minimum atomic E-state index is -0.0807. The van der Waals surface area contributed by atoms with Gasteiger partial charge in [0.05, 0.1) is 6.04 Å². The molecule has 1 aliphatic rings. The van der Waals surface area contributed by atoms with Gasteiger partial charge in [0.2, 0.25) is 0 Å². The molecule has 6 nitrogen and oxygen atoms in total. The van der Waals surface area contributed by atoms with Crippen molar-refractivity contribution in [3.63, 3.8) is 0 Å². The second-order valence-electron chi connectivity index (χ2n) is 7.38. The maximum absolute atomic E-state index is 13.1. The number of hydrogen-bond acceptors (Lipinski definition) is 4. The summed E-state index contributed by atoms with van der Waals surface area (Å²) in [5, 5.41) is 8.60. The zero-order valence-corrected chi connectivity index (χ0v) is 16.5. The van der Waals surface area contributed by atoms with Crippen LogP contribution in [-0.2, 0) is 4.79 Å². The Labute approximate surface area is 174 Å². The molecule has 0 unspecified atom stereocenters. The summed E-state index contributed by atoms with van der Waals surface area (Å²) < 4.78 is 7.95. The van der Waals surface area contributed by atoms with E-state index in [1.165, 1.54) is 0 Å². The molecule has 5 rings (SSSR count). The van der Waals surface area contributed by atoms with E-state index in [1.807, 2.05) is 88.3 Å². The lowest BCUT2D eigenvalue weighted by molar-refractivity contribution is -0.134. The van der Waals surface area contributed by atoms with Crippen molar-refractivity contribution in [2.75, 3.05) is 13.2 Å². The average Bonchev–Trinajstić information content (AvgIpc) is 3.45. The molecule has 1 amide bonds. The Bertz CT molecular complexity index is 1170. The number of carbonyl (C=O) groups is 1. The second-order valence-corrected chi connectivity index (χ2v) is 7.38. The Morgan fingerprint density at radius 3 is 2.67 bits per heavy atom. The SMILES string of the molecule is O=C(COc1ccccc1-c1ccccc1)N1CCC[C@@H]1c1nnc2ccccn12. The summed E-state index contributed by atoms with van der Waals surface area (Å²) in [5.41, 5.74) is 2.83. The zero-order chi connectivity index (χ0) is 20.3. The van der Waals surface area contributed by atoms with Gasteiger partial charge in [-0.3, -0.25) is 9.20 Å². The van der Waals surface area contributed by atoms with Crippen LogP contribution in [-0.4, -0.2) is 38.6 Å². The molecular formula is C24H22N4O2. The highest BCUT2D eigenvalue weighted by atomic mass is 16.5. The lowest BCUT2D eigenvalue weighted by Gasteiger charge is -2.24. The van der Waals surface area contributed by atoms with Crippen molar-refractivity contribution in [1.29, 1.82) is 0 Å². The van der Waals surface area contributed by atoms with E-state index in [1.54, 1.807) is 0 Å². The number of para-hydroxylation sites is 1. The van der Waals surface area contributed by atoms with Gasteiger partial charge in [0, 0.05) is 18.3 Å². The van der Waals surface area contributed by atoms with Crippen molar-refractivity contribution in [2.24, 2.45) is 0 Å². The molecule has 150 valence electrons. The molecule has 0 aliphatic carbocycles. The lowest BCUT2D eigenvalue weighted by atomic mass is 10.1. The van der Waals surface area contributed by atoms with Gasteiger partial charge in [0.15, 0.2) is 18.1 Å². The first-order chi connectivity index (χ1) is 14.8. The second kappa shape index (κ2) is 7.99. The van der Waals surface area contributed by atoms with Gasteiger partial charge in [-0.25, -0.2) is 0 Å². The topological polar surface area (TPSA) is 59.7 Å². The van der Waals surface area contributed by atoms with Gasteiger partial charge >= 0.3 is 0 Å². The number of pyridine rings is 1. The van der Waals surface area contributed by atoms with Gasteiger partial charge in [-0.2, -0.15) is 0 Å². The number of amides is 1. The fourth-order valence-electron chi connectivity index (χ4n) is 4.09. The molecule has 0 saturated carbocycles. The van der Waals surface area contributed by atoms with Gasteiger partial charge in [-0.15, -0.1) is 10.2 Å². The van der Waals surface area contributed by atoms with Crippen LogP contribution in [0.25, 0.3) is 16.8 Å². The number of fused-ring (bicyclic) bond motifs is 1. The third kappa shape index (κ3) is 3.41.